The molecule has 94 valence electrons. The SMILES string of the molecule is CCOc1cccc(CNc2ccc(C)nn2)c1. The summed E-state index contributed by atoms with van der Waals surface area (Å²) in [5, 5.41) is 11.3. The smallest absolute Gasteiger partial charge is 0.148 e. The van der Waals surface area contributed by atoms with Gasteiger partial charge in [-0.3, -0.25) is 0 Å². The minimum Gasteiger partial charge on any atom is -0.494 e. The number of hydrogen-bond donors (Lipinski definition) is 1. The number of aryl methyl sites for hydroxylation is 1. The van der Waals surface area contributed by atoms with Gasteiger partial charge in [0.15, 0.2) is 0 Å². The molecule has 18 heavy (non-hydrogen) atoms. The Labute approximate surface area is 107 Å². The van der Waals surface area contributed by atoms with Crippen LogP contribution in [-0.4, -0.2) is 16.8 Å². The fourth-order valence-corrected chi connectivity index (χ4v) is 1.60. The summed E-state index contributed by atoms with van der Waals surface area (Å²) in [6.07, 6.45) is 0. The zero-order valence-electron chi connectivity index (χ0n) is 10.7. The predicted octanol–water partition coefficient (Wildman–Crippen LogP) is 2.80. The van der Waals surface area contributed by atoms with Gasteiger partial charge in [-0.05, 0) is 43.7 Å². The molecule has 2 rings (SSSR count). The van der Waals surface area contributed by atoms with Crippen LogP contribution in [0.15, 0.2) is 36.4 Å². The largest absolute Gasteiger partial charge is 0.494 e. The number of hydrogen-bond acceptors (Lipinski definition) is 4. The lowest BCUT2D eigenvalue weighted by Crippen LogP contribution is -2.03. The van der Waals surface area contributed by atoms with Gasteiger partial charge in [-0.25, -0.2) is 0 Å². The van der Waals surface area contributed by atoms with Crippen LogP contribution in [-0.2, 0) is 6.54 Å². The van der Waals surface area contributed by atoms with Crippen molar-refractivity contribution in [1.82, 2.24) is 10.2 Å². The third kappa shape index (κ3) is 3.45. The molecule has 0 radical (unpaired) electrons. The molecule has 0 saturated carbocycles. The highest BCUT2D eigenvalue weighted by Crippen LogP contribution is 2.14. The van der Waals surface area contributed by atoms with E-state index >= 15 is 0 Å². The Morgan fingerprint density at radius 1 is 1.17 bits per heavy atom. The highest BCUT2D eigenvalue weighted by molar-refractivity contribution is 5.36. The van der Waals surface area contributed by atoms with Crippen molar-refractivity contribution in [2.24, 2.45) is 0 Å². The average molecular weight is 243 g/mol. The van der Waals surface area contributed by atoms with Gasteiger partial charge < -0.3 is 10.1 Å². The second-order valence-corrected chi connectivity index (χ2v) is 3.99. The minimum atomic E-state index is 0.681. The Hall–Kier alpha value is -2.10. The molecule has 0 amide bonds. The van der Waals surface area contributed by atoms with Crippen molar-refractivity contribution in [1.29, 1.82) is 0 Å². The number of nitrogens with one attached hydrogen (secondary N) is 1. The lowest BCUT2D eigenvalue weighted by atomic mass is 10.2. The second kappa shape index (κ2) is 6.00. The van der Waals surface area contributed by atoms with Crippen LogP contribution in [0.4, 0.5) is 5.82 Å². The van der Waals surface area contributed by atoms with Crippen molar-refractivity contribution < 1.29 is 4.74 Å². The monoisotopic (exact) mass is 243 g/mol. The number of aromatic nitrogens is 2. The normalized spacial score (nSPS) is 10.1. The van der Waals surface area contributed by atoms with Gasteiger partial charge in [-0.15, -0.1) is 5.10 Å². The fourth-order valence-electron chi connectivity index (χ4n) is 1.60. The summed E-state index contributed by atoms with van der Waals surface area (Å²) in [7, 11) is 0. The third-order valence-corrected chi connectivity index (χ3v) is 2.48. The standard InChI is InChI=1S/C14H17N3O/c1-3-18-13-6-4-5-12(9-13)10-15-14-8-7-11(2)16-17-14/h4-9H,3,10H2,1-2H3,(H,15,17). The van der Waals surface area contributed by atoms with Crippen molar-refractivity contribution in [3.63, 3.8) is 0 Å². The Morgan fingerprint density at radius 3 is 2.78 bits per heavy atom. The van der Waals surface area contributed by atoms with Crippen LogP contribution in [0.5, 0.6) is 5.75 Å². The molecule has 0 fully saturated rings. The summed E-state index contributed by atoms with van der Waals surface area (Å²) in [4.78, 5) is 0. The van der Waals surface area contributed by atoms with Crippen LogP contribution in [0, 0.1) is 6.92 Å². The molecule has 0 unspecified atom stereocenters. The van der Waals surface area contributed by atoms with Crippen molar-refractivity contribution in [3.8, 4) is 5.75 Å². The molecular formula is C14H17N3O. The Kier molecular flexibility index (Phi) is 4.12. The van der Waals surface area contributed by atoms with Gasteiger partial charge in [0.25, 0.3) is 0 Å². The lowest BCUT2D eigenvalue weighted by Gasteiger charge is -2.07. The molecule has 4 nitrogen and oxygen atoms in total. The van der Waals surface area contributed by atoms with Gasteiger partial charge >= 0.3 is 0 Å². The van der Waals surface area contributed by atoms with Crippen LogP contribution in [0.2, 0.25) is 0 Å². The first-order chi connectivity index (χ1) is 8.78. The van der Waals surface area contributed by atoms with Crippen molar-refractivity contribution >= 4 is 5.82 Å². The highest BCUT2D eigenvalue weighted by atomic mass is 16.5. The molecule has 1 aromatic heterocycles. The van der Waals surface area contributed by atoms with E-state index in [4.69, 9.17) is 4.74 Å². The quantitative estimate of drug-likeness (QED) is 0.877. The molecule has 0 aliphatic rings. The minimum absolute atomic E-state index is 0.681. The fraction of sp³-hybridized carbons (Fsp3) is 0.286. The van der Waals surface area contributed by atoms with Crippen LogP contribution < -0.4 is 10.1 Å². The van der Waals surface area contributed by atoms with E-state index in [1.807, 2.05) is 44.2 Å². The summed E-state index contributed by atoms with van der Waals surface area (Å²) in [6, 6.07) is 11.9. The van der Waals surface area contributed by atoms with Gasteiger partial charge in [0.1, 0.15) is 11.6 Å². The number of nitrogens with zero attached hydrogens (tertiary/aromatic N) is 2. The van der Waals surface area contributed by atoms with E-state index in [1.54, 1.807) is 0 Å². The molecule has 0 spiro atoms. The average Bonchev–Trinajstić information content (AvgIpc) is 2.39. The maximum Gasteiger partial charge on any atom is 0.148 e. The van der Waals surface area contributed by atoms with E-state index in [9.17, 15) is 0 Å². The van der Waals surface area contributed by atoms with Gasteiger partial charge in [-0.2, -0.15) is 5.10 Å². The number of anilines is 1. The van der Waals surface area contributed by atoms with E-state index < -0.39 is 0 Å². The predicted molar refractivity (Wildman–Crippen MR) is 71.7 cm³/mol. The van der Waals surface area contributed by atoms with Crippen LogP contribution in [0.25, 0.3) is 0 Å². The molecule has 0 aliphatic carbocycles. The second-order valence-electron chi connectivity index (χ2n) is 3.99. The van der Waals surface area contributed by atoms with Crippen molar-refractivity contribution in [3.05, 3.63) is 47.7 Å². The molecule has 0 atom stereocenters. The van der Waals surface area contributed by atoms with Crippen LogP contribution >= 0.6 is 0 Å². The summed E-state index contributed by atoms with van der Waals surface area (Å²) < 4.78 is 5.46. The first kappa shape index (κ1) is 12.4. The maximum absolute atomic E-state index is 5.46. The molecule has 1 N–H and O–H groups in total. The summed E-state index contributed by atoms with van der Waals surface area (Å²) in [6.45, 7) is 5.29. The van der Waals surface area contributed by atoms with Gasteiger partial charge in [0.2, 0.25) is 0 Å². The third-order valence-electron chi connectivity index (χ3n) is 2.48. The van der Waals surface area contributed by atoms with Crippen molar-refractivity contribution in [2.75, 3.05) is 11.9 Å². The molecule has 0 saturated heterocycles. The molecule has 4 heteroatoms. The van der Waals surface area contributed by atoms with Crippen LogP contribution in [0.3, 0.4) is 0 Å². The Morgan fingerprint density at radius 2 is 2.06 bits per heavy atom. The molecule has 2 aromatic rings. The molecular weight excluding hydrogens is 226 g/mol. The number of ether oxygens (including phenoxy) is 1. The van der Waals surface area contributed by atoms with Crippen LogP contribution in [0.1, 0.15) is 18.2 Å². The Bertz CT molecular complexity index is 497. The summed E-state index contributed by atoms with van der Waals surface area (Å²) in [5.74, 6) is 1.68. The zero-order valence-corrected chi connectivity index (χ0v) is 10.7. The summed E-state index contributed by atoms with van der Waals surface area (Å²) in [5.41, 5.74) is 2.07. The molecule has 0 aliphatic heterocycles. The zero-order chi connectivity index (χ0) is 12.8. The lowest BCUT2D eigenvalue weighted by molar-refractivity contribution is 0.340. The van der Waals surface area contributed by atoms with Gasteiger partial charge in [-0.1, -0.05) is 12.1 Å². The van der Waals surface area contributed by atoms with E-state index in [0.717, 1.165) is 22.8 Å². The number of benzene rings is 1. The number of rotatable bonds is 5. The van der Waals surface area contributed by atoms with Gasteiger partial charge in [0, 0.05) is 6.54 Å². The maximum atomic E-state index is 5.46. The first-order valence-corrected chi connectivity index (χ1v) is 6.04. The first-order valence-electron chi connectivity index (χ1n) is 6.04. The molecule has 1 aromatic carbocycles. The Balaban J connectivity index is 1.97. The van der Waals surface area contributed by atoms with E-state index in [2.05, 4.69) is 21.6 Å². The summed E-state index contributed by atoms with van der Waals surface area (Å²) >= 11 is 0. The van der Waals surface area contributed by atoms with E-state index in [0.29, 0.717) is 13.2 Å². The van der Waals surface area contributed by atoms with Gasteiger partial charge in [0.05, 0.1) is 12.3 Å². The highest BCUT2D eigenvalue weighted by Gasteiger charge is 1.98. The van der Waals surface area contributed by atoms with Crippen molar-refractivity contribution in [2.45, 2.75) is 20.4 Å². The molecule has 1 heterocycles. The molecule has 0 bridgehead atoms. The topological polar surface area (TPSA) is 47.0 Å². The van der Waals surface area contributed by atoms with E-state index in [1.165, 1.54) is 0 Å². The van der Waals surface area contributed by atoms with E-state index in [-0.39, 0.29) is 0 Å².